The summed E-state index contributed by atoms with van der Waals surface area (Å²) in [6.45, 7) is 3.19. The Bertz CT molecular complexity index is 813. The number of piperazine rings is 1. The summed E-state index contributed by atoms with van der Waals surface area (Å²) < 4.78 is 0. The molecule has 1 aliphatic carbocycles. The largest absolute Gasteiger partial charge is 0.330 e. The number of amides is 2. The van der Waals surface area contributed by atoms with E-state index in [1.165, 1.54) is 0 Å². The van der Waals surface area contributed by atoms with E-state index in [4.69, 9.17) is 0 Å². The third-order valence-electron chi connectivity index (χ3n) is 5.86. The lowest BCUT2D eigenvalue weighted by atomic mass is 10.0. The third kappa shape index (κ3) is 3.46. The van der Waals surface area contributed by atoms with Crippen LogP contribution in [0, 0.1) is 0 Å². The molecule has 1 aromatic carbocycles. The molecule has 5 heteroatoms. The van der Waals surface area contributed by atoms with E-state index >= 15 is 0 Å². The van der Waals surface area contributed by atoms with Crippen molar-refractivity contribution in [2.75, 3.05) is 13.1 Å². The van der Waals surface area contributed by atoms with Crippen LogP contribution in [0.3, 0.4) is 0 Å². The van der Waals surface area contributed by atoms with Crippen molar-refractivity contribution in [1.82, 2.24) is 14.8 Å². The van der Waals surface area contributed by atoms with Gasteiger partial charge in [-0.3, -0.25) is 14.6 Å². The fraction of sp³-hybridized carbons (Fsp3) is 0.409. The number of hydrogen-bond acceptors (Lipinski definition) is 3. The second kappa shape index (κ2) is 7.51. The van der Waals surface area contributed by atoms with E-state index < -0.39 is 0 Å². The summed E-state index contributed by atoms with van der Waals surface area (Å²) in [5, 5.41) is 0. The highest BCUT2D eigenvalue weighted by Gasteiger charge is 2.39. The molecule has 2 aromatic rings. The summed E-state index contributed by atoms with van der Waals surface area (Å²) in [5.41, 5.74) is 2.92. The third-order valence-corrected chi connectivity index (χ3v) is 5.86. The van der Waals surface area contributed by atoms with Crippen LogP contribution in [0.15, 0.2) is 48.7 Å². The van der Waals surface area contributed by atoms with Crippen molar-refractivity contribution in [3.8, 4) is 11.3 Å². The van der Waals surface area contributed by atoms with Crippen LogP contribution in [0.2, 0.25) is 0 Å². The van der Waals surface area contributed by atoms with Crippen molar-refractivity contribution in [2.45, 2.75) is 44.7 Å². The fourth-order valence-electron chi connectivity index (χ4n) is 4.21. The highest BCUT2D eigenvalue weighted by molar-refractivity contribution is 6.35. The maximum absolute atomic E-state index is 12.7. The van der Waals surface area contributed by atoms with E-state index in [0.29, 0.717) is 13.1 Å². The van der Waals surface area contributed by atoms with Gasteiger partial charge in [0.1, 0.15) is 0 Å². The first-order valence-electron chi connectivity index (χ1n) is 9.78. The Labute approximate surface area is 160 Å². The van der Waals surface area contributed by atoms with E-state index in [2.05, 4.69) is 4.98 Å². The number of rotatable bonds is 4. The summed E-state index contributed by atoms with van der Waals surface area (Å²) in [5.74, 6) is -0.721. The minimum absolute atomic E-state index is 0.162. The number of hydrogen-bond donors (Lipinski definition) is 0. The predicted molar refractivity (Wildman–Crippen MR) is 104 cm³/mol. The van der Waals surface area contributed by atoms with Crippen LogP contribution in [0.5, 0.6) is 0 Å². The number of pyridine rings is 1. The molecule has 0 radical (unpaired) electrons. The van der Waals surface area contributed by atoms with Crippen LogP contribution in [-0.4, -0.2) is 45.7 Å². The summed E-state index contributed by atoms with van der Waals surface area (Å²) >= 11 is 0. The van der Waals surface area contributed by atoms with Crippen LogP contribution in [-0.2, 0) is 9.59 Å². The molecule has 1 atom stereocenters. The molecule has 2 fully saturated rings. The summed E-state index contributed by atoms with van der Waals surface area (Å²) in [4.78, 5) is 33.4. The molecule has 1 aliphatic heterocycles. The van der Waals surface area contributed by atoms with Gasteiger partial charge in [-0.05, 0) is 31.4 Å². The Morgan fingerprint density at radius 3 is 2.37 bits per heavy atom. The molecule has 27 heavy (non-hydrogen) atoms. The van der Waals surface area contributed by atoms with Crippen LogP contribution < -0.4 is 0 Å². The molecule has 1 saturated heterocycles. The predicted octanol–water partition coefficient (Wildman–Crippen LogP) is 3.42. The monoisotopic (exact) mass is 363 g/mol. The van der Waals surface area contributed by atoms with Crippen LogP contribution in [0.25, 0.3) is 11.3 Å². The zero-order valence-corrected chi connectivity index (χ0v) is 15.7. The van der Waals surface area contributed by atoms with E-state index in [1.54, 1.807) is 9.80 Å². The van der Waals surface area contributed by atoms with Gasteiger partial charge in [-0.1, -0.05) is 49.2 Å². The van der Waals surface area contributed by atoms with Crippen LogP contribution >= 0.6 is 0 Å². The lowest BCUT2D eigenvalue weighted by Gasteiger charge is -2.39. The Morgan fingerprint density at radius 1 is 0.963 bits per heavy atom. The van der Waals surface area contributed by atoms with Gasteiger partial charge < -0.3 is 9.80 Å². The summed E-state index contributed by atoms with van der Waals surface area (Å²) in [7, 11) is 0. The number of benzene rings is 1. The van der Waals surface area contributed by atoms with Crippen molar-refractivity contribution in [3.05, 3.63) is 54.2 Å². The average molecular weight is 363 g/mol. The van der Waals surface area contributed by atoms with Gasteiger partial charge in [-0.2, -0.15) is 0 Å². The number of aromatic nitrogens is 1. The molecule has 0 unspecified atom stereocenters. The molecule has 0 N–H and O–H groups in total. The van der Waals surface area contributed by atoms with E-state index in [0.717, 1.165) is 42.5 Å². The maximum Gasteiger partial charge on any atom is 0.312 e. The summed E-state index contributed by atoms with van der Waals surface area (Å²) in [6, 6.07) is 14.1. The van der Waals surface area contributed by atoms with Gasteiger partial charge in [0.25, 0.3) is 0 Å². The molecule has 140 valence electrons. The fourth-order valence-corrected chi connectivity index (χ4v) is 4.21. The Morgan fingerprint density at radius 2 is 1.70 bits per heavy atom. The SMILES string of the molecule is C[C@H](c1ccc(-c2ccccc2)nc1)N1CCN(C2CCCC2)C(=O)C1=O. The number of nitrogens with zero attached hydrogens (tertiary/aromatic N) is 3. The Kier molecular flexibility index (Phi) is 4.92. The van der Waals surface area contributed by atoms with Crippen LogP contribution in [0.1, 0.15) is 44.2 Å². The average Bonchev–Trinajstić information content (AvgIpc) is 3.25. The van der Waals surface area contributed by atoms with Crippen LogP contribution in [0.4, 0.5) is 0 Å². The first-order valence-corrected chi connectivity index (χ1v) is 9.78. The summed E-state index contributed by atoms with van der Waals surface area (Å²) in [6.07, 6.45) is 6.18. The molecule has 1 aromatic heterocycles. The van der Waals surface area contributed by atoms with Gasteiger partial charge in [-0.15, -0.1) is 0 Å². The number of carbonyl (C=O) groups is 2. The van der Waals surface area contributed by atoms with Gasteiger partial charge >= 0.3 is 11.8 Å². The van der Waals surface area contributed by atoms with Gasteiger partial charge in [0.05, 0.1) is 11.7 Å². The van der Waals surface area contributed by atoms with Crippen molar-refractivity contribution >= 4 is 11.8 Å². The smallest absolute Gasteiger partial charge is 0.312 e. The van der Waals surface area contributed by atoms with Crippen molar-refractivity contribution in [1.29, 1.82) is 0 Å². The van der Waals surface area contributed by atoms with E-state index in [1.807, 2.05) is 55.6 Å². The molecule has 4 rings (SSSR count). The van der Waals surface area contributed by atoms with Crippen molar-refractivity contribution in [3.63, 3.8) is 0 Å². The lowest BCUT2D eigenvalue weighted by molar-refractivity contribution is -0.159. The molecule has 2 amide bonds. The van der Waals surface area contributed by atoms with Gasteiger partial charge in [0.15, 0.2) is 0 Å². The molecule has 2 heterocycles. The first kappa shape index (κ1) is 17.7. The highest BCUT2D eigenvalue weighted by Crippen LogP contribution is 2.28. The number of carbonyl (C=O) groups excluding carboxylic acids is 2. The molecule has 0 spiro atoms. The van der Waals surface area contributed by atoms with Crippen molar-refractivity contribution in [2.24, 2.45) is 0 Å². The molecular weight excluding hydrogens is 338 g/mol. The molecule has 5 nitrogen and oxygen atoms in total. The van der Waals surface area contributed by atoms with Gasteiger partial charge in [0.2, 0.25) is 0 Å². The van der Waals surface area contributed by atoms with E-state index in [9.17, 15) is 9.59 Å². The maximum atomic E-state index is 12.7. The second-order valence-electron chi connectivity index (χ2n) is 7.45. The highest BCUT2D eigenvalue weighted by atomic mass is 16.2. The Balaban J connectivity index is 1.47. The molecular formula is C22H25N3O2. The molecule has 0 bridgehead atoms. The van der Waals surface area contributed by atoms with Gasteiger partial charge in [0, 0.05) is 30.9 Å². The minimum atomic E-state index is -0.382. The molecule has 1 saturated carbocycles. The van der Waals surface area contributed by atoms with Crippen molar-refractivity contribution < 1.29 is 9.59 Å². The van der Waals surface area contributed by atoms with Gasteiger partial charge in [-0.25, -0.2) is 0 Å². The minimum Gasteiger partial charge on any atom is -0.330 e. The Hall–Kier alpha value is -2.69. The quantitative estimate of drug-likeness (QED) is 0.782. The lowest BCUT2D eigenvalue weighted by Crippen LogP contribution is -2.57. The molecule has 2 aliphatic rings. The zero-order chi connectivity index (χ0) is 18.8. The first-order chi connectivity index (χ1) is 13.1. The zero-order valence-electron chi connectivity index (χ0n) is 15.7. The standard InChI is InChI=1S/C22H25N3O2/c1-16(18-11-12-20(23-15-18)17-7-3-2-4-8-17)24-13-14-25(22(27)21(24)26)19-9-5-6-10-19/h2-4,7-8,11-12,15-16,19H,5-6,9-10,13-14H2,1H3/t16-/m1/s1. The second-order valence-corrected chi connectivity index (χ2v) is 7.45. The normalized spacial score (nSPS) is 19.6. The van der Waals surface area contributed by atoms with E-state index in [-0.39, 0.29) is 23.9 Å². The topological polar surface area (TPSA) is 53.5 Å².